The predicted molar refractivity (Wildman–Crippen MR) is 159 cm³/mol. The van der Waals surface area contributed by atoms with Crippen molar-refractivity contribution in [1.82, 2.24) is 20.9 Å². The summed E-state index contributed by atoms with van der Waals surface area (Å²) in [6, 6.07) is 13.8. The molecule has 230 valence electrons. The number of ketones is 1. The zero-order valence-electron chi connectivity index (χ0n) is 24.7. The third kappa shape index (κ3) is 9.22. The molecule has 43 heavy (non-hydrogen) atoms. The minimum absolute atomic E-state index is 0.0566. The lowest BCUT2D eigenvalue weighted by molar-refractivity contribution is -0.150. The fourth-order valence-electron chi connectivity index (χ4n) is 5.02. The van der Waals surface area contributed by atoms with Crippen LogP contribution in [0.15, 0.2) is 60.7 Å². The molecule has 0 saturated carbocycles. The number of carboxylic acids is 1. The van der Waals surface area contributed by atoms with Crippen molar-refractivity contribution in [2.45, 2.75) is 77.0 Å². The lowest BCUT2D eigenvalue weighted by Gasteiger charge is -2.30. The highest BCUT2D eigenvalue weighted by Gasteiger charge is 2.40. The highest BCUT2D eigenvalue weighted by Crippen LogP contribution is 2.21. The van der Waals surface area contributed by atoms with Crippen LogP contribution in [0.4, 0.5) is 0 Å². The lowest BCUT2D eigenvalue weighted by Crippen LogP contribution is -2.58. The van der Waals surface area contributed by atoms with Crippen LogP contribution in [0.1, 0.15) is 51.2 Å². The van der Waals surface area contributed by atoms with Crippen molar-refractivity contribution in [2.75, 3.05) is 6.54 Å². The molecule has 1 aliphatic heterocycles. The van der Waals surface area contributed by atoms with Crippen LogP contribution in [0.2, 0.25) is 0 Å². The summed E-state index contributed by atoms with van der Waals surface area (Å²) in [5.74, 6) is -5.11. The Kier molecular flexibility index (Phi) is 12.0. The first kappa shape index (κ1) is 33.0. The van der Waals surface area contributed by atoms with Gasteiger partial charge in [0.15, 0.2) is 0 Å². The molecule has 1 aliphatic rings. The van der Waals surface area contributed by atoms with Crippen molar-refractivity contribution in [2.24, 2.45) is 5.92 Å². The Morgan fingerprint density at radius 2 is 1.49 bits per heavy atom. The molecule has 1 heterocycles. The molecule has 0 aromatic heterocycles. The lowest BCUT2D eigenvalue weighted by atomic mass is 9.97. The smallest absolute Gasteiger partial charge is 0.326 e. The van der Waals surface area contributed by atoms with Crippen molar-refractivity contribution in [3.05, 3.63) is 71.8 Å². The summed E-state index contributed by atoms with van der Waals surface area (Å²) in [6.45, 7) is 5.15. The molecule has 1 fully saturated rings. The molecule has 0 spiro atoms. The van der Waals surface area contributed by atoms with Gasteiger partial charge in [0.2, 0.25) is 23.5 Å². The van der Waals surface area contributed by atoms with E-state index in [-0.39, 0.29) is 31.2 Å². The van der Waals surface area contributed by atoms with E-state index in [0.717, 1.165) is 11.1 Å². The van der Waals surface area contributed by atoms with Crippen molar-refractivity contribution < 1.29 is 33.9 Å². The minimum Gasteiger partial charge on any atom is -0.480 e. The predicted octanol–water partition coefficient (Wildman–Crippen LogP) is 1.64. The number of carboxylic acid groups (broad SMARTS) is 1. The summed E-state index contributed by atoms with van der Waals surface area (Å²) in [5.41, 5.74) is 1.56. The number of rotatable bonds is 14. The van der Waals surface area contributed by atoms with Gasteiger partial charge in [0.25, 0.3) is 5.91 Å². The number of nitrogens with one attached hydrogen (secondary N) is 3. The van der Waals surface area contributed by atoms with Gasteiger partial charge in [-0.05, 0) is 36.8 Å². The molecule has 0 bridgehead atoms. The third-order valence-corrected chi connectivity index (χ3v) is 7.70. The Balaban J connectivity index is 1.68. The van der Waals surface area contributed by atoms with E-state index in [9.17, 15) is 33.9 Å². The minimum atomic E-state index is -1.26. The zero-order chi connectivity index (χ0) is 31.5. The second kappa shape index (κ2) is 15.6. The molecule has 3 rings (SSSR count). The number of likely N-dealkylation sites (tertiary alicyclic amines) is 1. The first-order valence-electron chi connectivity index (χ1n) is 14.6. The second-order valence-electron chi connectivity index (χ2n) is 10.9. The average Bonchev–Trinajstić information content (AvgIpc) is 3.50. The van der Waals surface area contributed by atoms with Gasteiger partial charge < -0.3 is 26.0 Å². The highest BCUT2D eigenvalue weighted by molar-refractivity contribution is 6.38. The maximum atomic E-state index is 13.3. The molecule has 0 radical (unpaired) electrons. The first-order valence-corrected chi connectivity index (χ1v) is 14.6. The van der Waals surface area contributed by atoms with Crippen LogP contribution < -0.4 is 16.0 Å². The molecule has 0 aliphatic carbocycles. The van der Waals surface area contributed by atoms with Crippen LogP contribution in [0.5, 0.6) is 0 Å². The number of Topliss-reactive ketones (excluding diaryl/α,β-unsaturated/α-hetero) is 1. The molecule has 11 nitrogen and oxygen atoms in total. The van der Waals surface area contributed by atoms with Crippen LogP contribution in [-0.2, 0) is 41.6 Å². The number of amides is 4. The maximum Gasteiger partial charge on any atom is 0.326 e. The number of nitrogens with zero attached hydrogens (tertiary/aromatic N) is 1. The Morgan fingerprint density at radius 3 is 2.07 bits per heavy atom. The molecule has 5 unspecified atom stereocenters. The van der Waals surface area contributed by atoms with E-state index in [0.29, 0.717) is 19.3 Å². The number of carbonyl (C=O) groups excluding carboxylic acids is 5. The van der Waals surface area contributed by atoms with E-state index < -0.39 is 53.6 Å². The van der Waals surface area contributed by atoms with Gasteiger partial charge in [0.1, 0.15) is 18.1 Å². The molecule has 2 aromatic rings. The van der Waals surface area contributed by atoms with E-state index in [1.54, 1.807) is 19.1 Å². The van der Waals surface area contributed by atoms with Gasteiger partial charge in [-0.25, -0.2) is 4.79 Å². The fourth-order valence-corrected chi connectivity index (χ4v) is 5.02. The molecule has 2 aromatic carbocycles. The highest BCUT2D eigenvalue weighted by atomic mass is 16.4. The number of aliphatic carboxylic acids is 1. The number of carbonyl (C=O) groups is 6. The number of hydrogen-bond donors (Lipinski definition) is 4. The summed E-state index contributed by atoms with van der Waals surface area (Å²) >= 11 is 0. The van der Waals surface area contributed by atoms with Crippen molar-refractivity contribution in [3.63, 3.8) is 0 Å². The van der Waals surface area contributed by atoms with Gasteiger partial charge in [0.05, 0.1) is 12.5 Å². The summed E-state index contributed by atoms with van der Waals surface area (Å²) in [4.78, 5) is 78.3. The van der Waals surface area contributed by atoms with E-state index in [4.69, 9.17) is 0 Å². The number of hydrogen-bond acceptors (Lipinski definition) is 6. The molecule has 1 saturated heterocycles. The van der Waals surface area contributed by atoms with Crippen LogP contribution in [-0.4, -0.2) is 76.1 Å². The van der Waals surface area contributed by atoms with Crippen LogP contribution in [0.25, 0.3) is 0 Å². The Bertz CT molecular complexity index is 1300. The standard InChI is InChI=1S/C32H40N4O7/c1-4-20(2)27(31(41)36-17-11-16-25(36)32(42)43)35-30(40)28(38)21(3)33-29(39)24(18-22-12-7-5-8-13-22)34-26(37)19-23-14-9-6-10-15-23/h5-10,12-15,20-21,24-25,27H,4,11,16-19H2,1-3H3,(H,33,39)(H,34,37)(H,35,40)(H,42,43). The summed E-state index contributed by atoms with van der Waals surface area (Å²) in [7, 11) is 0. The van der Waals surface area contributed by atoms with Gasteiger partial charge in [-0.1, -0.05) is 80.9 Å². The Hall–Kier alpha value is -4.54. The first-order chi connectivity index (χ1) is 20.5. The van der Waals surface area contributed by atoms with Gasteiger partial charge in [-0.15, -0.1) is 0 Å². The maximum absolute atomic E-state index is 13.3. The topological polar surface area (TPSA) is 162 Å². The Labute approximate surface area is 251 Å². The van der Waals surface area contributed by atoms with E-state index in [2.05, 4.69) is 16.0 Å². The van der Waals surface area contributed by atoms with Gasteiger partial charge in [-0.2, -0.15) is 0 Å². The fraction of sp³-hybridized carbons (Fsp3) is 0.438. The second-order valence-corrected chi connectivity index (χ2v) is 10.9. The summed E-state index contributed by atoms with van der Waals surface area (Å²) in [6.07, 6.45) is 1.55. The zero-order valence-corrected chi connectivity index (χ0v) is 24.7. The van der Waals surface area contributed by atoms with Crippen molar-refractivity contribution in [3.8, 4) is 0 Å². The average molecular weight is 593 g/mol. The SMILES string of the molecule is CCC(C)C(NC(=O)C(=O)C(C)NC(=O)C(Cc1ccccc1)NC(=O)Cc1ccccc1)C(=O)N1CCCC1C(=O)O. The van der Waals surface area contributed by atoms with E-state index >= 15 is 0 Å². The Morgan fingerprint density at radius 1 is 0.884 bits per heavy atom. The summed E-state index contributed by atoms with van der Waals surface area (Å²) < 4.78 is 0. The quantitative estimate of drug-likeness (QED) is 0.243. The van der Waals surface area contributed by atoms with Crippen LogP contribution >= 0.6 is 0 Å². The van der Waals surface area contributed by atoms with E-state index in [1.165, 1.54) is 11.8 Å². The van der Waals surface area contributed by atoms with Crippen LogP contribution in [0.3, 0.4) is 0 Å². The van der Waals surface area contributed by atoms with Crippen LogP contribution in [0, 0.1) is 5.92 Å². The van der Waals surface area contributed by atoms with Gasteiger partial charge >= 0.3 is 5.97 Å². The van der Waals surface area contributed by atoms with Gasteiger partial charge in [-0.3, -0.25) is 24.0 Å². The molecule has 4 amide bonds. The molecular weight excluding hydrogens is 552 g/mol. The largest absolute Gasteiger partial charge is 0.480 e. The summed E-state index contributed by atoms with van der Waals surface area (Å²) in [5, 5.41) is 17.3. The molecule has 5 atom stereocenters. The van der Waals surface area contributed by atoms with E-state index in [1.807, 2.05) is 55.5 Å². The monoisotopic (exact) mass is 592 g/mol. The number of benzene rings is 2. The van der Waals surface area contributed by atoms with Crippen molar-refractivity contribution in [1.29, 1.82) is 0 Å². The third-order valence-electron chi connectivity index (χ3n) is 7.70. The van der Waals surface area contributed by atoms with Gasteiger partial charge in [0, 0.05) is 13.0 Å². The molecule has 11 heteroatoms. The molecule has 4 N–H and O–H groups in total. The molecular formula is C32H40N4O7. The normalized spacial score (nSPS) is 17.2. The van der Waals surface area contributed by atoms with Crippen molar-refractivity contribution >= 4 is 35.4 Å².